The van der Waals surface area contributed by atoms with Gasteiger partial charge in [0.2, 0.25) is 0 Å². The third-order valence-electron chi connectivity index (χ3n) is 3.75. The van der Waals surface area contributed by atoms with E-state index in [0.29, 0.717) is 6.04 Å². The van der Waals surface area contributed by atoms with Crippen LogP contribution in [0.3, 0.4) is 0 Å². The summed E-state index contributed by atoms with van der Waals surface area (Å²) in [5.41, 5.74) is 7.48. The smallest absolute Gasteiger partial charge is 0.108 e. The molecular weight excluding hydrogens is 266 g/mol. The van der Waals surface area contributed by atoms with Crippen molar-refractivity contribution in [2.45, 2.75) is 51.0 Å². The highest BCUT2D eigenvalue weighted by Crippen LogP contribution is 2.43. The van der Waals surface area contributed by atoms with E-state index in [0.717, 1.165) is 11.1 Å². The van der Waals surface area contributed by atoms with Crippen LogP contribution in [0.25, 0.3) is 0 Å². The fraction of sp³-hybridized carbons (Fsp3) is 0.750. The summed E-state index contributed by atoms with van der Waals surface area (Å²) in [7, 11) is 0. The Bertz CT molecular complexity index is 364. The Kier molecular flexibility index (Phi) is 3.40. The van der Waals surface area contributed by atoms with Crippen LogP contribution in [0.1, 0.15) is 51.1 Å². The first-order chi connectivity index (χ1) is 7.60. The normalized spacial score (nSPS) is 19.6. The summed E-state index contributed by atoms with van der Waals surface area (Å²) < 4.78 is 3.15. The zero-order chi connectivity index (χ0) is 11.8. The summed E-state index contributed by atoms with van der Waals surface area (Å²) in [5.74, 6) is 0. The Morgan fingerprint density at radius 3 is 2.56 bits per heavy atom. The van der Waals surface area contributed by atoms with Crippen LogP contribution in [-0.2, 0) is 5.41 Å². The van der Waals surface area contributed by atoms with Gasteiger partial charge in [-0.15, -0.1) is 0 Å². The molecule has 0 aliphatic heterocycles. The topological polar surface area (TPSA) is 43.8 Å². The molecular formula is C12H20BrN3. The summed E-state index contributed by atoms with van der Waals surface area (Å²) >= 11 is 3.68. The van der Waals surface area contributed by atoms with Gasteiger partial charge in [-0.25, -0.2) is 0 Å². The molecule has 16 heavy (non-hydrogen) atoms. The molecule has 2 rings (SSSR count). The van der Waals surface area contributed by atoms with E-state index in [1.165, 1.54) is 31.2 Å². The van der Waals surface area contributed by atoms with E-state index in [1.54, 1.807) is 0 Å². The molecule has 4 heteroatoms. The van der Waals surface area contributed by atoms with E-state index in [2.05, 4.69) is 34.9 Å². The summed E-state index contributed by atoms with van der Waals surface area (Å²) in [6.07, 6.45) is 6.98. The molecule has 1 fully saturated rings. The maximum Gasteiger partial charge on any atom is 0.108 e. The van der Waals surface area contributed by atoms with Crippen LogP contribution in [-0.4, -0.2) is 16.3 Å². The molecule has 0 atom stereocenters. The van der Waals surface area contributed by atoms with Crippen molar-refractivity contribution in [1.29, 1.82) is 0 Å². The van der Waals surface area contributed by atoms with Gasteiger partial charge >= 0.3 is 0 Å². The van der Waals surface area contributed by atoms with Crippen molar-refractivity contribution < 1.29 is 0 Å². The van der Waals surface area contributed by atoms with Crippen LogP contribution in [0.2, 0.25) is 0 Å². The Labute approximate surface area is 106 Å². The summed E-state index contributed by atoms with van der Waals surface area (Å²) in [6.45, 7) is 5.02. The average molecular weight is 286 g/mol. The molecule has 1 aliphatic carbocycles. The lowest BCUT2D eigenvalue weighted by Gasteiger charge is -2.26. The molecule has 1 aromatic heterocycles. The van der Waals surface area contributed by atoms with Gasteiger partial charge in [0.05, 0.1) is 6.20 Å². The Balaban J connectivity index is 2.39. The van der Waals surface area contributed by atoms with Crippen molar-refractivity contribution in [3.63, 3.8) is 0 Å². The average Bonchev–Trinajstić information content (AvgIpc) is 2.84. The first-order valence-electron chi connectivity index (χ1n) is 6.04. The third kappa shape index (κ3) is 1.82. The maximum absolute atomic E-state index is 6.00. The molecule has 0 spiro atoms. The Morgan fingerprint density at radius 2 is 2.12 bits per heavy atom. The highest BCUT2D eigenvalue weighted by molar-refractivity contribution is 9.10. The molecule has 1 saturated carbocycles. The second kappa shape index (κ2) is 4.49. The van der Waals surface area contributed by atoms with Crippen molar-refractivity contribution in [1.82, 2.24) is 9.78 Å². The summed E-state index contributed by atoms with van der Waals surface area (Å²) in [4.78, 5) is 0. The summed E-state index contributed by atoms with van der Waals surface area (Å²) in [5, 5.41) is 4.47. The second-order valence-corrected chi connectivity index (χ2v) is 5.83. The standard InChI is InChI=1S/C12H20BrN3/c1-9(2)16-11(13)10(7-15-16)12(8-14)5-3-4-6-12/h7,9H,3-6,8,14H2,1-2H3. The van der Waals surface area contributed by atoms with E-state index < -0.39 is 0 Å². The number of nitrogens with zero attached hydrogens (tertiary/aromatic N) is 2. The largest absolute Gasteiger partial charge is 0.330 e. The number of rotatable bonds is 3. The van der Waals surface area contributed by atoms with Gasteiger partial charge in [0.1, 0.15) is 4.60 Å². The third-order valence-corrected chi connectivity index (χ3v) is 4.54. The molecule has 1 aromatic rings. The summed E-state index contributed by atoms with van der Waals surface area (Å²) in [6, 6.07) is 0.388. The first kappa shape index (κ1) is 12.1. The number of aromatic nitrogens is 2. The van der Waals surface area contributed by atoms with Crippen LogP contribution < -0.4 is 5.73 Å². The fourth-order valence-electron chi connectivity index (χ4n) is 2.70. The van der Waals surface area contributed by atoms with E-state index >= 15 is 0 Å². The SMILES string of the molecule is CC(C)n1ncc(C2(CN)CCCC2)c1Br. The van der Waals surface area contributed by atoms with Crippen molar-refractivity contribution in [3.05, 3.63) is 16.4 Å². The van der Waals surface area contributed by atoms with Crippen molar-refractivity contribution in [3.8, 4) is 0 Å². The highest BCUT2D eigenvalue weighted by atomic mass is 79.9. The van der Waals surface area contributed by atoms with Gasteiger partial charge in [-0.3, -0.25) is 4.68 Å². The molecule has 2 N–H and O–H groups in total. The lowest BCUT2D eigenvalue weighted by molar-refractivity contribution is 0.446. The molecule has 0 bridgehead atoms. The zero-order valence-corrected chi connectivity index (χ0v) is 11.6. The molecule has 0 radical (unpaired) electrons. The van der Waals surface area contributed by atoms with E-state index in [1.807, 2.05) is 10.9 Å². The first-order valence-corrected chi connectivity index (χ1v) is 6.83. The van der Waals surface area contributed by atoms with Gasteiger partial charge in [-0.1, -0.05) is 12.8 Å². The minimum Gasteiger partial charge on any atom is -0.330 e. The number of hydrogen-bond donors (Lipinski definition) is 1. The van der Waals surface area contributed by atoms with Crippen LogP contribution in [0, 0.1) is 0 Å². The number of hydrogen-bond acceptors (Lipinski definition) is 2. The van der Waals surface area contributed by atoms with Crippen molar-refractivity contribution in [2.75, 3.05) is 6.54 Å². The zero-order valence-electron chi connectivity index (χ0n) is 10.0. The highest BCUT2D eigenvalue weighted by Gasteiger charge is 2.37. The van der Waals surface area contributed by atoms with Gasteiger partial charge in [0, 0.05) is 23.6 Å². The lowest BCUT2D eigenvalue weighted by atomic mass is 9.81. The van der Waals surface area contributed by atoms with Gasteiger partial charge in [-0.05, 0) is 42.6 Å². The van der Waals surface area contributed by atoms with Crippen LogP contribution >= 0.6 is 15.9 Å². The molecule has 0 saturated heterocycles. The molecule has 90 valence electrons. The molecule has 3 nitrogen and oxygen atoms in total. The van der Waals surface area contributed by atoms with Gasteiger partial charge in [0.25, 0.3) is 0 Å². The fourth-order valence-corrected chi connectivity index (χ4v) is 3.72. The molecule has 1 heterocycles. The number of nitrogens with two attached hydrogens (primary N) is 1. The van der Waals surface area contributed by atoms with Gasteiger partial charge < -0.3 is 5.73 Å². The monoisotopic (exact) mass is 285 g/mol. The van der Waals surface area contributed by atoms with E-state index in [9.17, 15) is 0 Å². The van der Waals surface area contributed by atoms with E-state index in [4.69, 9.17) is 5.73 Å². The number of halogens is 1. The van der Waals surface area contributed by atoms with Crippen molar-refractivity contribution in [2.24, 2.45) is 5.73 Å². The van der Waals surface area contributed by atoms with Crippen LogP contribution in [0.4, 0.5) is 0 Å². The molecule has 1 aliphatic rings. The predicted molar refractivity (Wildman–Crippen MR) is 69.5 cm³/mol. The van der Waals surface area contributed by atoms with Crippen LogP contribution in [0.5, 0.6) is 0 Å². The van der Waals surface area contributed by atoms with Gasteiger partial charge in [-0.2, -0.15) is 5.10 Å². The molecule has 0 unspecified atom stereocenters. The van der Waals surface area contributed by atoms with Gasteiger partial charge in [0.15, 0.2) is 0 Å². The predicted octanol–water partition coefficient (Wildman–Crippen LogP) is 3.00. The Morgan fingerprint density at radius 1 is 1.50 bits per heavy atom. The minimum atomic E-state index is 0.173. The molecule has 0 aromatic carbocycles. The lowest BCUT2D eigenvalue weighted by Crippen LogP contribution is -2.32. The maximum atomic E-state index is 6.00. The van der Waals surface area contributed by atoms with Crippen molar-refractivity contribution >= 4 is 15.9 Å². The minimum absolute atomic E-state index is 0.173. The molecule has 0 amide bonds. The Hall–Kier alpha value is -0.350. The van der Waals surface area contributed by atoms with E-state index in [-0.39, 0.29) is 5.41 Å². The van der Waals surface area contributed by atoms with Crippen LogP contribution in [0.15, 0.2) is 10.8 Å². The second-order valence-electron chi connectivity index (χ2n) is 5.08. The quantitative estimate of drug-likeness (QED) is 0.928.